The molecule has 1 atom stereocenters. The summed E-state index contributed by atoms with van der Waals surface area (Å²) < 4.78 is 23.4. The first kappa shape index (κ1) is 18.5. The van der Waals surface area contributed by atoms with E-state index in [0.29, 0.717) is 23.0 Å². The van der Waals surface area contributed by atoms with Gasteiger partial charge in [0.15, 0.2) is 9.84 Å². The van der Waals surface area contributed by atoms with Gasteiger partial charge in [-0.2, -0.15) is 0 Å². The molecule has 0 spiro atoms. The normalized spacial score (nSPS) is 19.7. The van der Waals surface area contributed by atoms with Gasteiger partial charge in [0.25, 0.3) is 0 Å². The number of hydrogen-bond acceptors (Lipinski definition) is 5. The molecule has 0 aliphatic carbocycles. The van der Waals surface area contributed by atoms with Gasteiger partial charge < -0.3 is 4.90 Å². The van der Waals surface area contributed by atoms with E-state index in [2.05, 4.69) is 11.9 Å². The van der Waals surface area contributed by atoms with Gasteiger partial charge in [-0.1, -0.05) is 36.7 Å². The molecule has 1 amide bonds. The highest BCUT2D eigenvalue weighted by Gasteiger charge is 2.34. The second-order valence-electron chi connectivity index (χ2n) is 5.58. The predicted octanol–water partition coefficient (Wildman–Crippen LogP) is 2.64. The van der Waals surface area contributed by atoms with Crippen LogP contribution < -0.4 is 0 Å². The first-order chi connectivity index (χ1) is 10.9. The fraction of sp³-hybridized carbons (Fsp3) is 0.600. The lowest BCUT2D eigenvalue weighted by Gasteiger charge is -2.28. The van der Waals surface area contributed by atoms with Crippen LogP contribution in [0.4, 0.5) is 0 Å². The lowest BCUT2D eigenvalue weighted by Crippen LogP contribution is -2.42. The van der Waals surface area contributed by atoms with Crippen LogP contribution in [0.2, 0.25) is 5.02 Å². The minimum Gasteiger partial charge on any atom is -0.338 e. The lowest BCUT2D eigenvalue weighted by atomic mass is 10.2. The highest BCUT2D eigenvalue weighted by molar-refractivity contribution is 8.00. The SMILES string of the molecule is CCCCN(C(=O)CSc1ncccc1Cl)C1CCS(=O)(=O)C1. The van der Waals surface area contributed by atoms with Gasteiger partial charge in [0.05, 0.1) is 22.3 Å². The molecule has 2 rings (SSSR count). The summed E-state index contributed by atoms with van der Waals surface area (Å²) in [5.74, 6) is 0.425. The van der Waals surface area contributed by atoms with Crippen LogP contribution >= 0.6 is 23.4 Å². The molecule has 128 valence electrons. The van der Waals surface area contributed by atoms with E-state index in [1.54, 1.807) is 23.2 Å². The van der Waals surface area contributed by atoms with E-state index in [4.69, 9.17) is 11.6 Å². The summed E-state index contributed by atoms with van der Waals surface area (Å²) in [6.45, 7) is 2.66. The highest BCUT2D eigenvalue weighted by Crippen LogP contribution is 2.25. The van der Waals surface area contributed by atoms with Crippen molar-refractivity contribution < 1.29 is 13.2 Å². The van der Waals surface area contributed by atoms with E-state index in [0.717, 1.165) is 12.8 Å². The zero-order chi connectivity index (χ0) is 16.9. The third-order valence-corrected chi connectivity index (χ3v) is 6.94. The summed E-state index contributed by atoms with van der Waals surface area (Å²) in [7, 11) is -3.01. The quantitative estimate of drug-likeness (QED) is 0.684. The van der Waals surface area contributed by atoms with Gasteiger partial charge in [-0.3, -0.25) is 4.79 Å². The predicted molar refractivity (Wildman–Crippen MR) is 93.7 cm³/mol. The number of halogens is 1. The van der Waals surface area contributed by atoms with Crippen LogP contribution in [-0.2, 0) is 14.6 Å². The first-order valence-electron chi connectivity index (χ1n) is 7.66. The molecule has 1 aromatic rings. The van der Waals surface area contributed by atoms with Gasteiger partial charge in [0.2, 0.25) is 5.91 Å². The number of hydrogen-bond donors (Lipinski definition) is 0. The number of aromatic nitrogens is 1. The van der Waals surface area contributed by atoms with E-state index < -0.39 is 9.84 Å². The molecular formula is C15H21ClN2O3S2. The van der Waals surface area contributed by atoms with Crippen molar-refractivity contribution >= 4 is 39.1 Å². The number of carbonyl (C=O) groups is 1. The average molecular weight is 377 g/mol. The van der Waals surface area contributed by atoms with Crippen LogP contribution in [-0.4, -0.2) is 54.1 Å². The Balaban J connectivity index is 2.00. The standard InChI is InChI=1S/C15H21ClN2O3S2/c1-2-3-8-18(12-6-9-23(20,21)11-12)14(19)10-22-15-13(16)5-4-7-17-15/h4-5,7,12H,2-3,6,8-11H2,1H3. The van der Waals surface area contributed by atoms with Crippen molar-refractivity contribution in [3.63, 3.8) is 0 Å². The Morgan fingerprint density at radius 1 is 1.52 bits per heavy atom. The molecule has 1 aliphatic rings. The van der Waals surface area contributed by atoms with E-state index in [1.165, 1.54) is 11.8 Å². The Bertz CT molecular complexity index is 652. The summed E-state index contributed by atoms with van der Waals surface area (Å²) in [4.78, 5) is 18.5. The Hall–Kier alpha value is -0.790. The minimum atomic E-state index is -3.01. The maximum Gasteiger partial charge on any atom is 0.233 e. The van der Waals surface area contributed by atoms with Gasteiger partial charge in [0, 0.05) is 18.8 Å². The van der Waals surface area contributed by atoms with Crippen LogP contribution in [0.15, 0.2) is 23.4 Å². The maximum atomic E-state index is 12.6. The molecule has 1 unspecified atom stereocenters. The fourth-order valence-electron chi connectivity index (χ4n) is 2.55. The number of sulfone groups is 1. The third kappa shape index (κ3) is 5.36. The molecule has 2 heterocycles. The van der Waals surface area contributed by atoms with Crippen molar-refractivity contribution in [2.24, 2.45) is 0 Å². The Kier molecular flexibility index (Phi) is 6.73. The molecule has 1 aliphatic heterocycles. The maximum absolute atomic E-state index is 12.6. The summed E-state index contributed by atoms with van der Waals surface area (Å²) in [6, 6.07) is 3.28. The van der Waals surface area contributed by atoms with Crippen molar-refractivity contribution in [2.75, 3.05) is 23.8 Å². The molecule has 0 aromatic carbocycles. The van der Waals surface area contributed by atoms with E-state index >= 15 is 0 Å². The Labute approximate surface area is 146 Å². The van der Waals surface area contributed by atoms with Crippen LogP contribution in [0, 0.1) is 0 Å². The van der Waals surface area contributed by atoms with Gasteiger partial charge in [-0.05, 0) is 25.0 Å². The van der Waals surface area contributed by atoms with Crippen molar-refractivity contribution in [2.45, 2.75) is 37.3 Å². The van der Waals surface area contributed by atoms with E-state index in [-0.39, 0.29) is 29.2 Å². The molecule has 1 aromatic heterocycles. The topological polar surface area (TPSA) is 67.3 Å². The highest BCUT2D eigenvalue weighted by atomic mass is 35.5. The van der Waals surface area contributed by atoms with Crippen molar-refractivity contribution in [3.8, 4) is 0 Å². The Morgan fingerprint density at radius 2 is 2.30 bits per heavy atom. The second kappa shape index (κ2) is 8.35. The van der Waals surface area contributed by atoms with Gasteiger partial charge in [-0.25, -0.2) is 13.4 Å². The number of unbranched alkanes of at least 4 members (excludes halogenated alkanes) is 1. The number of nitrogens with zero attached hydrogens (tertiary/aromatic N) is 2. The number of thioether (sulfide) groups is 1. The van der Waals surface area contributed by atoms with Crippen LogP contribution in [0.3, 0.4) is 0 Å². The largest absolute Gasteiger partial charge is 0.338 e. The van der Waals surface area contributed by atoms with Gasteiger partial charge in [-0.15, -0.1) is 0 Å². The zero-order valence-corrected chi connectivity index (χ0v) is 15.5. The number of amides is 1. The molecular weight excluding hydrogens is 356 g/mol. The summed E-state index contributed by atoms with van der Waals surface area (Å²) >= 11 is 7.34. The van der Waals surface area contributed by atoms with Crippen molar-refractivity contribution in [3.05, 3.63) is 23.4 Å². The first-order valence-corrected chi connectivity index (χ1v) is 10.8. The summed E-state index contributed by atoms with van der Waals surface area (Å²) in [5.41, 5.74) is 0. The molecule has 0 N–H and O–H groups in total. The molecule has 8 heteroatoms. The van der Waals surface area contributed by atoms with Crippen molar-refractivity contribution in [1.29, 1.82) is 0 Å². The van der Waals surface area contributed by atoms with Crippen LogP contribution in [0.5, 0.6) is 0 Å². The fourth-order valence-corrected chi connectivity index (χ4v) is 5.33. The molecule has 1 saturated heterocycles. The third-order valence-electron chi connectivity index (χ3n) is 3.78. The molecule has 0 bridgehead atoms. The smallest absolute Gasteiger partial charge is 0.233 e. The van der Waals surface area contributed by atoms with Crippen LogP contribution in [0.1, 0.15) is 26.2 Å². The monoisotopic (exact) mass is 376 g/mol. The van der Waals surface area contributed by atoms with E-state index in [1.807, 2.05) is 0 Å². The average Bonchev–Trinajstić information content (AvgIpc) is 2.87. The van der Waals surface area contributed by atoms with Gasteiger partial charge >= 0.3 is 0 Å². The molecule has 1 fully saturated rings. The van der Waals surface area contributed by atoms with Crippen LogP contribution in [0.25, 0.3) is 0 Å². The second-order valence-corrected chi connectivity index (χ2v) is 9.18. The Morgan fingerprint density at radius 3 is 2.91 bits per heavy atom. The summed E-state index contributed by atoms with van der Waals surface area (Å²) in [6.07, 6.45) is 4.00. The number of carbonyl (C=O) groups excluding carboxylic acids is 1. The summed E-state index contributed by atoms with van der Waals surface area (Å²) in [5, 5.41) is 1.14. The minimum absolute atomic E-state index is 0.0488. The molecule has 5 nitrogen and oxygen atoms in total. The zero-order valence-electron chi connectivity index (χ0n) is 13.1. The van der Waals surface area contributed by atoms with E-state index in [9.17, 15) is 13.2 Å². The molecule has 23 heavy (non-hydrogen) atoms. The van der Waals surface area contributed by atoms with Crippen molar-refractivity contribution in [1.82, 2.24) is 9.88 Å². The molecule has 0 radical (unpaired) electrons. The van der Waals surface area contributed by atoms with Gasteiger partial charge in [0.1, 0.15) is 5.03 Å². The number of rotatable bonds is 7. The lowest BCUT2D eigenvalue weighted by molar-refractivity contribution is -0.130. The molecule has 0 saturated carbocycles. The number of pyridine rings is 1.